The molecule has 3 rings (SSSR count). The molecule has 112 valence electrons. The molecule has 0 bridgehead atoms. The predicted octanol–water partition coefficient (Wildman–Crippen LogP) is 3.04. The predicted molar refractivity (Wildman–Crippen MR) is 85.8 cm³/mol. The van der Waals surface area contributed by atoms with Crippen molar-refractivity contribution in [1.82, 2.24) is 5.43 Å². The van der Waals surface area contributed by atoms with Gasteiger partial charge in [0, 0.05) is 5.92 Å². The molecule has 2 N–H and O–H groups in total. The molecule has 1 saturated carbocycles. The lowest BCUT2D eigenvalue weighted by atomic mass is 10.1. The molecule has 1 fully saturated rings. The Morgan fingerprint density at radius 3 is 2.50 bits per heavy atom. The second-order valence-corrected chi connectivity index (χ2v) is 5.58. The number of phenolic OH excluding ortho intramolecular Hbond substituents is 1. The summed E-state index contributed by atoms with van der Waals surface area (Å²) in [5.74, 6) is 0.500. The van der Waals surface area contributed by atoms with Gasteiger partial charge in [-0.25, -0.2) is 5.43 Å². The third kappa shape index (κ3) is 3.17. The molecule has 0 aromatic heterocycles. The highest BCUT2D eigenvalue weighted by atomic mass is 16.3. The van der Waals surface area contributed by atoms with E-state index in [1.165, 1.54) is 5.56 Å². The molecule has 1 aliphatic carbocycles. The van der Waals surface area contributed by atoms with Crippen molar-refractivity contribution in [2.45, 2.75) is 19.3 Å². The fourth-order valence-electron chi connectivity index (χ4n) is 2.54. The van der Waals surface area contributed by atoms with Gasteiger partial charge in [0.15, 0.2) is 0 Å². The quantitative estimate of drug-likeness (QED) is 0.672. The Morgan fingerprint density at radius 1 is 1.14 bits per heavy atom. The highest BCUT2D eigenvalue weighted by Gasteiger charge is 2.43. The van der Waals surface area contributed by atoms with Gasteiger partial charge in [0.05, 0.1) is 5.71 Å². The van der Waals surface area contributed by atoms with Crippen molar-refractivity contribution < 1.29 is 9.90 Å². The van der Waals surface area contributed by atoms with Gasteiger partial charge in [0.1, 0.15) is 5.75 Å². The number of aromatic hydroxyl groups is 1. The molecule has 4 heteroatoms. The van der Waals surface area contributed by atoms with Gasteiger partial charge in [-0.05, 0) is 54.7 Å². The highest BCUT2D eigenvalue weighted by Crippen LogP contribution is 2.47. The summed E-state index contributed by atoms with van der Waals surface area (Å²) in [6.45, 7) is 1.83. The Kier molecular flexibility index (Phi) is 3.92. The summed E-state index contributed by atoms with van der Waals surface area (Å²) in [4.78, 5) is 12.1. The van der Waals surface area contributed by atoms with E-state index in [0.29, 0.717) is 11.6 Å². The summed E-state index contributed by atoms with van der Waals surface area (Å²) in [6.07, 6.45) is 0.879. The molecule has 0 saturated heterocycles. The van der Waals surface area contributed by atoms with E-state index in [2.05, 4.69) is 22.7 Å². The van der Waals surface area contributed by atoms with E-state index >= 15 is 0 Å². The number of phenols is 1. The van der Waals surface area contributed by atoms with E-state index in [1.54, 1.807) is 24.3 Å². The van der Waals surface area contributed by atoms with Crippen LogP contribution in [0.3, 0.4) is 0 Å². The molecular formula is C18H18N2O2. The van der Waals surface area contributed by atoms with Crippen LogP contribution in [0.25, 0.3) is 0 Å². The summed E-state index contributed by atoms with van der Waals surface area (Å²) in [5, 5.41) is 13.4. The second kappa shape index (κ2) is 6.02. The van der Waals surface area contributed by atoms with Crippen LogP contribution >= 0.6 is 0 Å². The Morgan fingerprint density at radius 2 is 1.82 bits per heavy atom. The van der Waals surface area contributed by atoms with Crippen LogP contribution in [0.1, 0.15) is 30.4 Å². The van der Waals surface area contributed by atoms with Crippen molar-refractivity contribution in [2.24, 2.45) is 11.0 Å². The number of hydrogen-bond donors (Lipinski definition) is 2. The second-order valence-electron chi connectivity index (χ2n) is 5.58. The topological polar surface area (TPSA) is 61.7 Å². The molecule has 2 atom stereocenters. The fraction of sp³-hybridized carbons (Fsp3) is 0.222. The van der Waals surface area contributed by atoms with Crippen molar-refractivity contribution >= 4 is 11.6 Å². The van der Waals surface area contributed by atoms with Crippen molar-refractivity contribution in [3.63, 3.8) is 0 Å². The largest absolute Gasteiger partial charge is 0.508 e. The molecule has 0 aliphatic heterocycles. The first-order valence-corrected chi connectivity index (χ1v) is 7.33. The number of amides is 1. The molecule has 22 heavy (non-hydrogen) atoms. The number of carbonyl (C=O) groups is 1. The maximum atomic E-state index is 12.1. The zero-order valence-electron chi connectivity index (χ0n) is 12.4. The van der Waals surface area contributed by atoms with Crippen LogP contribution < -0.4 is 5.43 Å². The highest BCUT2D eigenvalue weighted by molar-refractivity contribution is 5.99. The molecule has 0 heterocycles. The summed E-state index contributed by atoms with van der Waals surface area (Å²) in [6, 6.07) is 16.8. The van der Waals surface area contributed by atoms with Crippen LogP contribution in [0.4, 0.5) is 0 Å². The van der Waals surface area contributed by atoms with E-state index < -0.39 is 0 Å². The van der Waals surface area contributed by atoms with Crippen LogP contribution in [-0.4, -0.2) is 16.7 Å². The molecular weight excluding hydrogens is 276 g/mol. The molecule has 0 radical (unpaired) electrons. The van der Waals surface area contributed by atoms with E-state index in [9.17, 15) is 9.90 Å². The number of benzene rings is 2. The minimum absolute atomic E-state index is 0.0127. The number of nitrogens with zero attached hydrogens (tertiary/aromatic N) is 1. The maximum absolute atomic E-state index is 12.1. The summed E-state index contributed by atoms with van der Waals surface area (Å²) in [7, 11) is 0. The molecule has 1 amide bonds. The lowest BCUT2D eigenvalue weighted by Crippen LogP contribution is -2.21. The number of rotatable bonds is 4. The van der Waals surface area contributed by atoms with Gasteiger partial charge in [-0.15, -0.1) is 0 Å². The van der Waals surface area contributed by atoms with E-state index in [1.807, 2.05) is 25.1 Å². The fourth-order valence-corrected chi connectivity index (χ4v) is 2.54. The third-order valence-electron chi connectivity index (χ3n) is 3.97. The molecule has 2 unspecified atom stereocenters. The van der Waals surface area contributed by atoms with Crippen LogP contribution in [0.2, 0.25) is 0 Å². The number of hydrazone groups is 1. The zero-order valence-corrected chi connectivity index (χ0v) is 12.4. The summed E-state index contributed by atoms with van der Waals surface area (Å²) >= 11 is 0. The van der Waals surface area contributed by atoms with Gasteiger partial charge in [-0.3, -0.25) is 4.79 Å². The van der Waals surface area contributed by atoms with E-state index in [4.69, 9.17) is 0 Å². The smallest absolute Gasteiger partial charge is 0.243 e. The maximum Gasteiger partial charge on any atom is 0.243 e. The molecule has 2 aromatic carbocycles. The summed E-state index contributed by atoms with van der Waals surface area (Å²) in [5.41, 5.74) is 5.44. The SMILES string of the molecule is C/C(=N\NC(=O)C1CC1c1ccccc1)c1ccc(O)cc1. The zero-order chi connectivity index (χ0) is 15.5. The van der Waals surface area contributed by atoms with Gasteiger partial charge in [-0.1, -0.05) is 30.3 Å². The molecule has 4 nitrogen and oxygen atoms in total. The van der Waals surface area contributed by atoms with Crippen molar-refractivity contribution in [3.8, 4) is 5.75 Å². The lowest BCUT2D eigenvalue weighted by Gasteiger charge is -2.03. The lowest BCUT2D eigenvalue weighted by molar-refractivity contribution is -0.122. The van der Waals surface area contributed by atoms with Crippen molar-refractivity contribution in [1.29, 1.82) is 0 Å². The molecule has 0 spiro atoms. The van der Waals surface area contributed by atoms with Gasteiger partial charge in [0.2, 0.25) is 5.91 Å². The van der Waals surface area contributed by atoms with Crippen LogP contribution in [0.5, 0.6) is 5.75 Å². The Hall–Kier alpha value is -2.62. The first-order chi connectivity index (χ1) is 10.6. The Labute approximate surface area is 129 Å². The molecule has 2 aromatic rings. The van der Waals surface area contributed by atoms with E-state index in [0.717, 1.165) is 12.0 Å². The Balaban J connectivity index is 1.59. The molecule has 1 aliphatic rings. The van der Waals surface area contributed by atoms with Crippen LogP contribution in [0, 0.1) is 5.92 Å². The number of hydrogen-bond acceptors (Lipinski definition) is 3. The van der Waals surface area contributed by atoms with Gasteiger partial charge in [0.25, 0.3) is 0 Å². The van der Waals surface area contributed by atoms with E-state index in [-0.39, 0.29) is 17.6 Å². The minimum atomic E-state index is -0.0352. The minimum Gasteiger partial charge on any atom is -0.508 e. The normalized spacial score (nSPS) is 20.5. The average Bonchev–Trinajstić information content (AvgIpc) is 3.34. The standard InChI is InChI=1S/C18H18N2O2/c1-12(13-7-9-15(21)10-8-13)19-20-18(22)17-11-16(17)14-5-3-2-4-6-14/h2-10,16-17,21H,11H2,1H3,(H,20,22)/b19-12+. The van der Waals surface area contributed by atoms with Crippen LogP contribution in [-0.2, 0) is 4.79 Å². The van der Waals surface area contributed by atoms with Crippen molar-refractivity contribution in [2.75, 3.05) is 0 Å². The van der Waals surface area contributed by atoms with Gasteiger partial charge >= 0.3 is 0 Å². The van der Waals surface area contributed by atoms with Gasteiger partial charge in [-0.2, -0.15) is 5.10 Å². The van der Waals surface area contributed by atoms with Crippen molar-refractivity contribution in [3.05, 3.63) is 65.7 Å². The summed E-state index contributed by atoms with van der Waals surface area (Å²) < 4.78 is 0. The first kappa shape index (κ1) is 14.3. The number of carbonyl (C=O) groups excluding carboxylic acids is 1. The monoisotopic (exact) mass is 294 g/mol. The van der Waals surface area contributed by atoms with Crippen LogP contribution in [0.15, 0.2) is 59.7 Å². The number of nitrogens with one attached hydrogen (secondary N) is 1. The average molecular weight is 294 g/mol. The first-order valence-electron chi connectivity index (χ1n) is 7.33. The third-order valence-corrected chi connectivity index (χ3v) is 3.97. The van der Waals surface area contributed by atoms with Gasteiger partial charge < -0.3 is 5.11 Å². The Bertz CT molecular complexity index is 693.